The molecule has 6 nitrogen and oxygen atoms in total. The third-order valence-electron chi connectivity index (χ3n) is 5.39. The van der Waals surface area contributed by atoms with Gasteiger partial charge in [0.15, 0.2) is 11.5 Å². The molecule has 2 aliphatic rings. The van der Waals surface area contributed by atoms with E-state index in [2.05, 4.69) is 20.4 Å². The van der Waals surface area contributed by atoms with Gasteiger partial charge in [0.05, 0.1) is 0 Å². The Bertz CT molecular complexity index is 522. The van der Waals surface area contributed by atoms with E-state index in [-0.39, 0.29) is 18.4 Å². The minimum atomic E-state index is -0.204. The van der Waals surface area contributed by atoms with Gasteiger partial charge < -0.3 is 15.3 Å². The lowest BCUT2D eigenvalue weighted by Crippen LogP contribution is -2.35. The normalized spacial score (nSPS) is 20.1. The molecule has 0 bridgehead atoms. The summed E-state index contributed by atoms with van der Waals surface area (Å²) < 4.78 is 0. The molecule has 1 saturated heterocycles. The van der Waals surface area contributed by atoms with E-state index >= 15 is 0 Å². The first-order valence-electron chi connectivity index (χ1n) is 9.25. The van der Waals surface area contributed by atoms with Crippen molar-refractivity contribution in [1.29, 1.82) is 0 Å². The van der Waals surface area contributed by atoms with Gasteiger partial charge in [0.2, 0.25) is 0 Å². The topological polar surface area (TPSA) is 78.4 Å². The van der Waals surface area contributed by atoms with Crippen LogP contribution in [-0.4, -0.2) is 47.5 Å². The van der Waals surface area contributed by atoms with E-state index in [9.17, 15) is 9.90 Å². The standard InChI is InChI=1S/C18H28N4O2/c23-13-15(14-6-2-1-3-7-14)12-19-18(24)16-8-9-17(21-20-16)22-10-4-5-11-22/h8-9,14-15,23H,1-7,10-13H2,(H,19,24)/t15-/m0/s1. The van der Waals surface area contributed by atoms with Gasteiger partial charge in [-0.1, -0.05) is 32.1 Å². The Morgan fingerprint density at radius 3 is 2.54 bits per heavy atom. The van der Waals surface area contributed by atoms with Gasteiger partial charge in [0.1, 0.15) is 0 Å². The van der Waals surface area contributed by atoms with Gasteiger partial charge in [-0.2, -0.15) is 0 Å². The fourth-order valence-corrected chi connectivity index (χ4v) is 3.86. The lowest BCUT2D eigenvalue weighted by molar-refractivity contribution is 0.0908. The van der Waals surface area contributed by atoms with Crippen LogP contribution >= 0.6 is 0 Å². The van der Waals surface area contributed by atoms with Crippen LogP contribution in [0.5, 0.6) is 0 Å². The van der Waals surface area contributed by atoms with E-state index in [4.69, 9.17) is 0 Å². The molecule has 1 aromatic heterocycles. The average molecular weight is 332 g/mol. The number of carbonyl (C=O) groups excluding carboxylic acids is 1. The molecule has 3 rings (SSSR count). The van der Waals surface area contributed by atoms with Crippen LogP contribution in [0.15, 0.2) is 12.1 Å². The summed E-state index contributed by atoms with van der Waals surface area (Å²) in [6.45, 7) is 2.67. The highest BCUT2D eigenvalue weighted by atomic mass is 16.3. The van der Waals surface area contributed by atoms with Gasteiger partial charge in [-0.3, -0.25) is 4.79 Å². The number of rotatable bonds is 6. The predicted octanol–water partition coefficient (Wildman–Crippen LogP) is 2.00. The second-order valence-corrected chi connectivity index (χ2v) is 7.02. The van der Waals surface area contributed by atoms with Crippen molar-refractivity contribution in [2.24, 2.45) is 11.8 Å². The van der Waals surface area contributed by atoms with Crippen molar-refractivity contribution >= 4 is 11.7 Å². The van der Waals surface area contributed by atoms with Gasteiger partial charge >= 0.3 is 0 Å². The maximum Gasteiger partial charge on any atom is 0.271 e. The molecular weight excluding hydrogens is 304 g/mol. The Balaban J connectivity index is 1.52. The number of aromatic nitrogens is 2. The number of nitrogens with one attached hydrogen (secondary N) is 1. The van der Waals surface area contributed by atoms with Crippen molar-refractivity contribution in [2.75, 3.05) is 31.1 Å². The molecule has 1 aliphatic heterocycles. The van der Waals surface area contributed by atoms with E-state index < -0.39 is 0 Å². The maximum absolute atomic E-state index is 12.3. The van der Waals surface area contributed by atoms with E-state index in [1.54, 1.807) is 6.07 Å². The van der Waals surface area contributed by atoms with Crippen LogP contribution in [0.25, 0.3) is 0 Å². The van der Waals surface area contributed by atoms with Crippen LogP contribution in [0.4, 0.5) is 5.82 Å². The molecule has 0 spiro atoms. The molecule has 6 heteroatoms. The summed E-state index contributed by atoms with van der Waals surface area (Å²) in [7, 11) is 0. The number of hydrogen-bond acceptors (Lipinski definition) is 5. The monoisotopic (exact) mass is 332 g/mol. The van der Waals surface area contributed by atoms with Crippen molar-refractivity contribution in [3.05, 3.63) is 17.8 Å². The third-order valence-corrected chi connectivity index (χ3v) is 5.39. The summed E-state index contributed by atoms with van der Waals surface area (Å²) in [5.41, 5.74) is 0.346. The highest BCUT2D eigenvalue weighted by molar-refractivity contribution is 5.92. The van der Waals surface area contributed by atoms with E-state index in [1.165, 1.54) is 32.1 Å². The molecule has 1 aliphatic carbocycles. The average Bonchev–Trinajstić information content (AvgIpc) is 3.18. The van der Waals surface area contributed by atoms with Crippen molar-refractivity contribution in [3.8, 4) is 0 Å². The predicted molar refractivity (Wildman–Crippen MR) is 93.0 cm³/mol. The first-order valence-corrected chi connectivity index (χ1v) is 9.25. The van der Waals surface area contributed by atoms with Crippen LogP contribution in [0, 0.1) is 11.8 Å². The molecule has 1 saturated carbocycles. The van der Waals surface area contributed by atoms with Crippen LogP contribution in [0.1, 0.15) is 55.4 Å². The highest BCUT2D eigenvalue weighted by Crippen LogP contribution is 2.29. The highest BCUT2D eigenvalue weighted by Gasteiger charge is 2.24. The van der Waals surface area contributed by atoms with Crippen LogP contribution < -0.4 is 10.2 Å². The molecule has 2 fully saturated rings. The Morgan fingerprint density at radius 1 is 1.17 bits per heavy atom. The van der Waals surface area contributed by atoms with Crippen molar-refractivity contribution in [3.63, 3.8) is 0 Å². The number of carbonyl (C=O) groups is 1. The second-order valence-electron chi connectivity index (χ2n) is 7.02. The molecule has 0 unspecified atom stereocenters. The Kier molecular flexibility index (Phi) is 6.01. The molecule has 0 aromatic carbocycles. The van der Waals surface area contributed by atoms with Gasteiger partial charge in [-0.05, 0) is 30.9 Å². The second kappa shape index (κ2) is 8.42. The SMILES string of the molecule is O=C(NC[C@@H](CO)C1CCCCC1)c1ccc(N2CCCC2)nn1. The Morgan fingerprint density at radius 2 is 1.92 bits per heavy atom. The summed E-state index contributed by atoms with van der Waals surface area (Å²) in [4.78, 5) is 14.5. The van der Waals surface area contributed by atoms with Crippen LogP contribution in [0.2, 0.25) is 0 Å². The number of hydrogen-bond donors (Lipinski definition) is 2. The van der Waals surface area contributed by atoms with Gasteiger partial charge in [-0.25, -0.2) is 0 Å². The number of aliphatic hydroxyl groups excluding tert-OH is 1. The molecular formula is C18H28N4O2. The van der Waals surface area contributed by atoms with Gasteiger partial charge in [0.25, 0.3) is 5.91 Å². The zero-order chi connectivity index (χ0) is 16.8. The fraction of sp³-hybridized carbons (Fsp3) is 0.722. The minimum Gasteiger partial charge on any atom is -0.396 e. The van der Waals surface area contributed by atoms with Crippen molar-refractivity contribution < 1.29 is 9.90 Å². The molecule has 0 radical (unpaired) electrons. The molecule has 24 heavy (non-hydrogen) atoms. The first kappa shape index (κ1) is 17.1. The zero-order valence-electron chi connectivity index (χ0n) is 14.3. The summed E-state index contributed by atoms with van der Waals surface area (Å²) in [6.07, 6.45) is 8.45. The molecule has 1 aromatic rings. The summed E-state index contributed by atoms with van der Waals surface area (Å²) >= 11 is 0. The lowest BCUT2D eigenvalue weighted by atomic mass is 9.80. The lowest BCUT2D eigenvalue weighted by Gasteiger charge is -2.29. The third kappa shape index (κ3) is 4.23. The molecule has 1 amide bonds. The van der Waals surface area contributed by atoms with E-state index in [1.807, 2.05) is 6.07 Å². The number of nitrogens with zero attached hydrogens (tertiary/aromatic N) is 3. The first-order chi connectivity index (χ1) is 11.8. The quantitative estimate of drug-likeness (QED) is 0.833. The zero-order valence-corrected chi connectivity index (χ0v) is 14.3. The van der Waals surface area contributed by atoms with Crippen LogP contribution in [0.3, 0.4) is 0 Å². The smallest absolute Gasteiger partial charge is 0.271 e. The van der Waals surface area contributed by atoms with Crippen molar-refractivity contribution in [1.82, 2.24) is 15.5 Å². The largest absolute Gasteiger partial charge is 0.396 e. The summed E-state index contributed by atoms with van der Waals surface area (Å²) in [5, 5.41) is 20.8. The molecule has 1 atom stereocenters. The maximum atomic E-state index is 12.3. The van der Waals surface area contributed by atoms with Gasteiger partial charge in [-0.15, -0.1) is 10.2 Å². The molecule has 2 N–H and O–H groups in total. The van der Waals surface area contributed by atoms with Gasteiger partial charge in [0, 0.05) is 32.2 Å². The summed E-state index contributed by atoms with van der Waals surface area (Å²) in [5.74, 6) is 1.31. The Labute approximate surface area is 143 Å². The Hall–Kier alpha value is -1.69. The van der Waals surface area contributed by atoms with Crippen molar-refractivity contribution in [2.45, 2.75) is 44.9 Å². The minimum absolute atomic E-state index is 0.129. The molecule has 2 heterocycles. The summed E-state index contributed by atoms with van der Waals surface area (Å²) in [6, 6.07) is 3.61. The fourth-order valence-electron chi connectivity index (χ4n) is 3.86. The molecule has 132 valence electrons. The number of aliphatic hydroxyl groups is 1. The van der Waals surface area contributed by atoms with Crippen LogP contribution in [-0.2, 0) is 0 Å². The van der Waals surface area contributed by atoms with E-state index in [0.29, 0.717) is 18.2 Å². The number of amides is 1. The van der Waals surface area contributed by atoms with E-state index in [0.717, 1.165) is 31.7 Å². The number of anilines is 1.